The molecule has 2 aromatic rings. The summed E-state index contributed by atoms with van der Waals surface area (Å²) < 4.78 is 0.984. The largest absolute Gasteiger partial charge is 0.390 e. The Hall–Kier alpha value is -1.32. The first-order chi connectivity index (χ1) is 8.74. The Balaban J connectivity index is 1.89. The number of hydrogen-bond donors (Lipinski definition) is 0. The second-order valence-electron chi connectivity index (χ2n) is 3.62. The second-order valence-corrected chi connectivity index (χ2v) is 4.97. The summed E-state index contributed by atoms with van der Waals surface area (Å²) in [6.07, 6.45) is 2.81. The van der Waals surface area contributed by atoms with Gasteiger partial charge in [0, 0.05) is 15.1 Å². The molecule has 1 radical (unpaired) electrons. The maximum absolute atomic E-state index is 5.86. The maximum Gasteiger partial charge on any atom is 0.142 e. The van der Waals surface area contributed by atoms with Gasteiger partial charge >= 0.3 is 0 Å². The molecule has 0 aliphatic heterocycles. The van der Waals surface area contributed by atoms with Gasteiger partial charge in [0.05, 0.1) is 0 Å². The van der Waals surface area contributed by atoms with Crippen LogP contribution in [0.3, 0.4) is 0 Å². The van der Waals surface area contributed by atoms with Gasteiger partial charge in [0.1, 0.15) is 12.8 Å². The third kappa shape index (κ3) is 4.17. The third-order valence-electron chi connectivity index (χ3n) is 2.18. The van der Waals surface area contributed by atoms with E-state index in [2.05, 4.69) is 27.3 Å². The van der Waals surface area contributed by atoms with Gasteiger partial charge in [-0.25, -0.2) is 0 Å². The van der Waals surface area contributed by atoms with Gasteiger partial charge < -0.3 is 4.84 Å². The highest BCUT2D eigenvalue weighted by Crippen LogP contribution is 2.12. The predicted molar refractivity (Wildman–Crippen MR) is 76.9 cm³/mol. The molecule has 91 valence electrons. The summed E-state index contributed by atoms with van der Waals surface area (Å²) in [6.45, 7) is 0.377. The molecule has 0 spiro atoms. The SMILES string of the molecule is Clc1cccc(CO/N=[C]\c2cccc(Br)c2)c1. The summed E-state index contributed by atoms with van der Waals surface area (Å²) in [5.41, 5.74) is 1.83. The summed E-state index contributed by atoms with van der Waals surface area (Å²) in [5.74, 6) is 0. The van der Waals surface area contributed by atoms with E-state index in [0.29, 0.717) is 11.6 Å². The minimum absolute atomic E-state index is 0.377. The Kier molecular flexibility index (Phi) is 4.79. The molecule has 2 nitrogen and oxygen atoms in total. The van der Waals surface area contributed by atoms with Crippen LogP contribution in [0, 0.1) is 0 Å². The lowest BCUT2D eigenvalue weighted by molar-refractivity contribution is 0.132. The summed E-state index contributed by atoms with van der Waals surface area (Å²) in [6, 6.07) is 15.1. The fourth-order valence-electron chi connectivity index (χ4n) is 1.38. The average Bonchev–Trinajstić information content (AvgIpc) is 2.35. The molecule has 0 N–H and O–H groups in total. The van der Waals surface area contributed by atoms with Gasteiger partial charge in [0.15, 0.2) is 0 Å². The highest BCUT2D eigenvalue weighted by atomic mass is 79.9. The van der Waals surface area contributed by atoms with Crippen molar-refractivity contribution in [2.24, 2.45) is 5.16 Å². The van der Waals surface area contributed by atoms with Crippen molar-refractivity contribution in [1.29, 1.82) is 0 Å². The van der Waals surface area contributed by atoms with E-state index in [1.165, 1.54) is 0 Å². The molecule has 0 saturated carbocycles. The van der Waals surface area contributed by atoms with E-state index >= 15 is 0 Å². The van der Waals surface area contributed by atoms with E-state index < -0.39 is 0 Å². The minimum atomic E-state index is 0.377. The van der Waals surface area contributed by atoms with Gasteiger partial charge in [0.2, 0.25) is 0 Å². The fraction of sp³-hybridized carbons (Fsp3) is 0.0714. The lowest BCUT2D eigenvalue weighted by atomic mass is 10.2. The Bertz CT molecular complexity index is 557. The number of rotatable bonds is 4. The zero-order chi connectivity index (χ0) is 12.8. The third-order valence-corrected chi connectivity index (χ3v) is 2.91. The van der Waals surface area contributed by atoms with Crippen LogP contribution in [0.5, 0.6) is 0 Å². The summed E-state index contributed by atoms with van der Waals surface area (Å²) >= 11 is 9.24. The normalized spacial score (nSPS) is 10.8. The molecule has 0 saturated heterocycles. The number of halogens is 2. The maximum atomic E-state index is 5.86. The van der Waals surface area contributed by atoms with Crippen LogP contribution in [0.4, 0.5) is 0 Å². The molecule has 4 heteroatoms. The van der Waals surface area contributed by atoms with Crippen molar-refractivity contribution >= 4 is 33.7 Å². The molecule has 0 aliphatic rings. The van der Waals surface area contributed by atoms with Crippen molar-refractivity contribution < 1.29 is 4.84 Å². The van der Waals surface area contributed by atoms with Gasteiger partial charge in [-0.2, -0.15) is 0 Å². The number of benzene rings is 2. The molecule has 18 heavy (non-hydrogen) atoms. The second kappa shape index (κ2) is 6.57. The molecule has 0 fully saturated rings. The standard InChI is InChI=1S/C14H10BrClNO/c15-13-5-1-3-11(7-13)9-17-18-10-12-4-2-6-14(16)8-12/h1-8H,10H2. The van der Waals surface area contributed by atoms with E-state index in [0.717, 1.165) is 15.6 Å². The van der Waals surface area contributed by atoms with Gasteiger partial charge in [-0.3, -0.25) is 0 Å². The lowest BCUT2D eigenvalue weighted by Gasteiger charge is -1.99. The van der Waals surface area contributed by atoms with Crippen molar-refractivity contribution in [3.05, 3.63) is 69.2 Å². The van der Waals surface area contributed by atoms with Crippen LogP contribution in [-0.4, -0.2) is 6.21 Å². The van der Waals surface area contributed by atoms with Crippen molar-refractivity contribution in [3.63, 3.8) is 0 Å². The number of hydrogen-bond acceptors (Lipinski definition) is 2. The van der Waals surface area contributed by atoms with Crippen LogP contribution in [-0.2, 0) is 11.4 Å². The lowest BCUT2D eigenvalue weighted by Crippen LogP contribution is -1.88. The Morgan fingerprint density at radius 2 is 2.00 bits per heavy atom. The summed E-state index contributed by atoms with van der Waals surface area (Å²) in [4.78, 5) is 5.16. The van der Waals surface area contributed by atoms with Gasteiger partial charge in [0.25, 0.3) is 0 Å². The topological polar surface area (TPSA) is 21.6 Å². The van der Waals surface area contributed by atoms with Crippen LogP contribution in [0.1, 0.15) is 11.1 Å². The van der Waals surface area contributed by atoms with E-state index in [1.54, 1.807) is 0 Å². The smallest absolute Gasteiger partial charge is 0.142 e. The Morgan fingerprint density at radius 1 is 1.17 bits per heavy atom. The molecule has 0 aromatic heterocycles. The first kappa shape index (κ1) is 13.1. The van der Waals surface area contributed by atoms with Crippen LogP contribution in [0.15, 0.2) is 58.2 Å². The van der Waals surface area contributed by atoms with Crippen molar-refractivity contribution in [1.82, 2.24) is 0 Å². The van der Waals surface area contributed by atoms with Crippen molar-refractivity contribution in [2.45, 2.75) is 6.61 Å². The first-order valence-corrected chi connectivity index (χ1v) is 6.49. The zero-order valence-electron chi connectivity index (χ0n) is 9.44. The Labute approximate surface area is 119 Å². The minimum Gasteiger partial charge on any atom is -0.390 e. The van der Waals surface area contributed by atoms with E-state index in [9.17, 15) is 0 Å². The van der Waals surface area contributed by atoms with Crippen LogP contribution >= 0.6 is 27.5 Å². The quantitative estimate of drug-likeness (QED) is 0.598. The molecule has 2 aromatic carbocycles. The molecule has 0 bridgehead atoms. The van der Waals surface area contributed by atoms with Crippen LogP contribution in [0.2, 0.25) is 5.02 Å². The van der Waals surface area contributed by atoms with Gasteiger partial charge in [-0.15, -0.1) is 0 Å². The highest BCUT2D eigenvalue weighted by molar-refractivity contribution is 9.10. The van der Waals surface area contributed by atoms with Gasteiger partial charge in [-0.1, -0.05) is 57.0 Å². The highest BCUT2D eigenvalue weighted by Gasteiger charge is 1.94. The molecule has 0 aliphatic carbocycles. The monoisotopic (exact) mass is 322 g/mol. The van der Waals surface area contributed by atoms with Crippen LogP contribution < -0.4 is 0 Å². The summed E-state index contributed by atoms with van der Waals surface area (Å²) in [5, 5.41) is 4.48. The van der Waals surface area contributed by atoms with E-state index in [4.69, 9.17) is 16.4 Å². The summed E-state index contributed by atoms with van der Waals surface area (Å²) in [7, 11) is 0. The molecule has 0 heterocycles. The molecule has 0 atom stereocenters. The molecular weight excluding hydrogens is 314 g/mol. The average molecular weight is 324 g/mol. The van der Waals surface area contributed by atoms with E-state index in [-0.39, 0.29) is 0 Å². The van der Waals surface area contributed by atoms with E-state index in [1.807, 2.05) is 48.5 Å². The fourth-order valence-corrected chi connectivity index (χ4v) is 1.99. The van der Waals surface area contributed by atoms with Gasteiger partial charge in [-0.05, 0) is 29.8 Å². The zero-order valence-corrected chi connectivity index (χ0v) is 11.8. The molecule has 2 rings (SSSR count). The van der Waals surface area contributed by atoms with Crippen molar-refractivity contribution in [3.8, 4) is 0 Å². The first-order valence-electron chi connectivity index (χ1n) is 5.32. The van der Waals surface area contributed by atoms with Crippen molar-refractivity contribution in [2.75, 3.05) is 0 Å². The molecule has 0 amide bonds. The van der Waals surface area contributed by atoms with Crippen LogP contribution in [0.25, 0.3) is 0 Å². The Morgan fingerprint density at radius 3 is 2.78 bits per heavy atom. The molecular formula is C14H10BrClNO. The number of nitrogens with zero attached hydrogens (tertiary/aromatic N) is 1. The molecule has 0 unspecified atom stereocenters. The predicted octanol–water partition coefficient (Wildman–Crippen LogP) is 4.53.